The Morgan fingerprint density at radius 1 is 0.897 bits per heavy atom. The highest BCUT2D eigenvalue weighted by Gasteiger charge is 2.20. The number of rotatable bonds is 5. The van der Waals surface area contributed by atoms with Gasteiger partial charge in [0.15, 0.2) is 0 Å². The molecule has 0 heterocycles. The maximum atomic E-state index is 12.4. The van der Waals surface area contributed by atoms with Crippen LogP contribution in [0.5, 0.6) is 0 Å². The molecule has 29 heavy (non-hydrogen) atoms. The lowest BCUT2D eigenvalue weighted by atomic mass is 9.88. The Kier molecular flexibility index (Phi) is 6.81. The molecule has 1 fully saturated rings. The van der Waals surface area contributed by atoms with Crippen molar-refractivity contribution < 1.29 is 9.59 Å². The van der Waals surface area contributed by atoms with E-state index in [-0.39, 0.29) is 17.7 Å². The van der Waals surface area contributed by atoms with Gasteiger partial charge in [-0.05, 0) is 74.6 Å². The molecule has 0 unspecified atom stereocenters. The molecular weight excluding hydrogens is 362 g/mol. The third kappa shape index (κ3) is 5.53. The minimum Gasteiger partial charge on any atom is -0.326 e. The highest BCUT2D eigenvalue weighted by molar-refractivity contribution is 6.01. The largest absolute Gasteiger partial charge is 0.326 e. The SMILES string of the molecule is CC(=NNC(=O)c1ccc(C)c(C)c1)c1ccc(NC(=O)C2CCCCC2)cc1. The fraction of sp³-hybridized carbons (Fsp3) is 0.375. The molecule has 1 aliphatic carbocycles. The summed E-state index contributed by atoms with van der Waals surface area (Å²) in [6.07, 6.45) is 5.48. The van der Waals surface area contributed by atoms with Crippen LogP contribution in [0.15, 0.2) is 47.6 Å². The van der Waals surface area contributed by atoms with E-state index < -0.39 is 0 Å². The number of carbonyl (C=O) groups is 2. The van der Waals surface area contributed by atoms with Crippen molar-refractivity contribution in [2.75, 3.05) is 5.32 Å². The summed E-state index contributed by atoms with van der Waals surface area (Å²) in [5.74, 6) is 0.0136. The van der Waals surface area contributed by atoms with Crippen LogP contribution in [0.2, 0.25) is 0 Å². The molecule has 0 bridgehead atoms. The number of anilines is 1. The molecule has 0 spiro atoms. The number of benzene rings is 2. The van der Waals surface area contributed by atoms with Crippen LogP contribution in [-0.4, -0.2) is 17.5 Å². The van der Waals surface area contributed by atoms with Gasteiger partial charge in [-0.15, -0.1) is 0 Å². The zero-order valence-corrected chi connectivity index (χ0v) is 17.4. The molecule has 1 saturated carbocycles. The number of hydrazone groups is 1. The van der Waals surface area contributed by atoms with Crippen molar-refractivity contribution in [2.45, 2.75) is 52.9 Å². The zero-order valence-electron chi connectivity index (χ0n) is 17.4. The Balaban J connectivity index is 1.58. The first kappa shape index (κ1) is 20.8. The molecule has 5 heteroatoms. The predicted molar refractivity (Wildman–Crippen MR) is 117 cm³/mol. The van der Waals surface area contributed by atoms with Crippen molar-refractivity contribution >= 4 is 23.2 Å². The number of carbonyl (C=O) groups excluding carboxylic acids is 2. The Morgan fingerprint density at radius 2 is 1.55 bits per heavy atom. The van der Waals surface area contributed by atoms with Gasteiger partial charge in [0.1, 0.15) is 0 Å². The average molecular weight is 392 g/mol. The van der Waals surface area contributed by atoms with E-state index in [0.717, 1.165) is 48.1 Å². The molecule has 2 N–H and O–H groups in total. The molecule has 2 aromatic carbocycles. The van der Waals surface area contributed by atoms with Crippen LogP contribution in [0.1, 0.15) is 66.1 Å². The molecule has 1 aliphatic rings. The van der Waals surface area contributed by atoms with Gasteiger partial charge in [-0.1, -0.05) is 37.5 Å². The minimum atomic E-state index is -0.233. The summed E-state index contributed by atoms with van der Waals surface area (Å²) in [6, 6.07) is 13.1. The Bertz CT molecular complexity index is 910. The van der Waals surface area contributed by atoms with Gasteiger partial charge in [-0.2, -0.15) is 5.10 Å². The first-order valence-corrected chi connectivity index (χ1v) is 10.3. The van der Waals surface area contributed by atoms with E-state index >= 15 is 0 Å². The second-order valence-electron chi connectivity index (χ2n) is 7.84. The van der Waals surface area contributed by atoms with Crippen LogP contribution < -0.4 is 10.7 Å². The van der Waals surface area contributed by atoms with Crippen LogP contribution in [0.4, 0.5) is 5.69 Å². The van der Waals surface area contributed by atoms with Gasteiger partial charge in [0.2, 0.25) is 5.91 Å². The summed E-state index contributed by atoms with van der Waals surface area (Å²) < 4.78 is 0. The van der Waals surface area contributed by atoms with E-state index in [9.17, 15) is 9.59 Å². The van der Waals surface area contributed by atoms with Crippen molar-refractivity contribution in [1.82, 2.24) is 5.43 Å². The number of amides is 2. The van der Waals surface area contributed by atoms with Crippen molar-refractivity contribution in [3.8, 4) is 0 Å². The first-order valence-electron chi connectivity index (χ1n) is 10.3. The van der Waals surface area contributed by atoms with Crippen molar-refractivity contribution in [1.29, 1.82) is 0 Å². The second-order valence-corrected chi connectivity index (χ2v) is 7.84. The van der Waals surface area contributed by atoms with Crippen molar-refractivity contribution in [2.24, 2.45) is 11.0 Å². The molecule has 0 atom stereocenters. The molecule has 5 nitrogen and oxygen atoms in total. The monoisotopic (exact) mass is 391 g/mol. The lowest BCUT2D eigenvalue weighted by Crippen LogP contribution is -2.24. The van der Waals surface area contributed by atoms with Gasteiger partial charge < -0.3 is 5.32 Å². The summed E-state index contributed by atoms with van der Waals surface area (Å²) in [5.41, 5.74) is 7.80. The van der Waals surface area contributed by atoms with Crippen LogP contribution in [0.3, 0.4) is 0 Å². The summed E-state index contributed by atoms with van der Waals surface area (Å²) in [7, 11) is 0. The van der Waals surface area contributed by atoms with Crippen molar-refractivity contribution in [3.05, 3.63) is 64.7 Å². The molecule has 0 aromatic heterocycles. The summed E-state index contributed by atoms with van der Waals surface area (Å²) in [5, 5.41) is 7.23. The van der Waals surface area contributed by atoms with E-state index in [1.807, 2.05) is 57.2 Å². The van der Waals surface area contributed by atoms with Crippen molar-refractivity contribution in [3.63, 3.8) is 0 Å². The molecule has 152 valence electrons. The van der Waals surface area contributed by atoms with Gasteiger partial charge in [0.25, 0.3) is 5.91 Å². The topological polar surface area (TPSA) is 70.6 Å². The third-order valence-corrected chi connectivity index (χ3v) is 5.64. The molecule has 0 saturated heterocycles. The summed E-state index contributed by atoms with van der Waals surface area (Å²) in [6.45, 7) is 5.84. The zero-order chi connectivity index (χ0) is 20.8. The molecule has 0 aliphatic heterocycles. The number of aryl methyl sites for hydroxylation is 2. The van der Waals surface area contributed by atoms with E-state index in [1.54, 1.807) is 6.07 Å². The van der Waals surface area contributed by atoms with Crippen LogP contribution in [0, 0.1) is 19.8 Å². The van der Waals surface area contributed by atoms with Crippen LogP contribution in [-0.2, 0) is 4.79 Å². The van der Waals surface area contributed by atoms with E-state index in [4.69, 9.17) is 0 Å². The van der Waals surface area contributed by atoms with Gasteiger partial charge >= 0.3 is 0 Å². The Morgan fingerprint density at radius 3 is 2.21 bits per heavy atom. The van der Waals surface area contributed by atoms with E-state index in [1.165, 1.54) is 6.42 Å². The fourth-order valence-electron chi connectivity index (χ4n) is 3.55. The standard InChI is InChI=1S/C24H29N3O2/c1-16-9-10-21(15-17(16)2)24(29)27-26-18(3)19-11-13-22(14-12-19)25-23(28)20-7-5-4-6-8-20/h9-15,20H,4-8H2,1-3H3,(H,25,28)(H,27,29). The predicted octanol–water partition coefficient (Wildman–Crippen LogP) is 4.98. The maximum absolute atomic E-state index is 12.4. The lowest BCUT2D eigenvalue weighted by Gasteiger charge is -2.20. The molecule has 0 radical (unpaired) electrons. The molecule has 3 rings (SSSR count). The summed E-state index contributed by atoms with van der Waals surface area (Å²) in [4.78, 5) is 24.7. The molecule has 2 amide bonds. The van der Waals surface area contributed by atoms with Crippen LogP contribution in [0.25, 0.3) is 0 Å². The highest BCUT2D eigenvalue weighted by Crippen LogP contribution is 2.25. The number of nitrogens with one attached hydrogen (secondary N) is 2. The second kappa shape index (κ2) is 9.50. The highest BCUT2D eigenvalue weighted by atomic mass is 16.2. The third-order valence-electron chi connectivity index (χ3n) is 5.64. The minimum absolute atomic E-state index is 0.114. The average Bonchev–Trinajstić information content (AvgIpc) is 2.74. The van der Waals surface area contributed by atoms with Gasteiger partial charge in [-0.25, -0.2) is 5.43 Å². The van der Waals surface area contributed by atoms with Gasteiger partial charge in [0.05, 0.1) is 5.71 Å². The first-order chi connectivity index (χ1) is 13.9. The molecular formula is C24H29N3O2. The summed E-state index contributed by atoms with van der Waals surface area (Å²) >= 11 is 0. The quantitative estimate of drug-likeness (QED) is 0.558. The van der Waals surface area contributed by atoms with E-state index in [2.05, 4.69) is 15.8 Å². The fourth-order valence-corrected chi connectivity index (χ4v) is 3.55. The number of hydrogen-bond donors (Lipinski definition) is 2. The smallest absolute Gasteiger partial charge is 0.271 e. The lowest BCUT2D eigenvalue weighted by molar-refractivity contribution is -0.120. The van der Waals surface area contributed by atoms with Crippen LogP contribution >= 0.6 is 0 Å². The normalized spacial score (nSPS) is 15.1. The number of nitrogens with zero attached hydrogens (tertiary/aromatic N) is 1. The Labute approximate surface area is 172 Å². The molecule has 2 aromatic rings. The number of hydrogen-bond acceptors (Lipinski definition) is 3. The Hall–Kier alpha value is -2.95. The van der Waals surface area contributed by atoms with Gasteiger partial charge in [-0.3, -0.25) is 9.59 Å². The maximum Gasteiger partial charge on any atom is 0.271 e. The van der Waals surface area contributed by atoms with Gasteiger partial charge in [0, 0.05) is 17.2 Å². The van der Waals surface area contributed by atoms with E-state index in [0.29, 0.717) is 11.3 Å².